The van der Waals surface area contributed by atoms with Crippen LogP contribution in [0.5, 0.6) is 0 Å². The van der Waals surface area contributed by atoms with Crippen LogP contribution in [-0.4, -0.2) is 53.4 Å². The fourth-order valence-electron chi connectivity index (χ4n) is 2.89. The number of carboxylic acid groups (broad SMARTS) is 1. The Morgan fingerprint density at radius 2 is 2.10 bits per heavy atom. The van der Waals surface area contributed by atoms with Crippen molar-refractivity contribution in [3.8, 4) is 0 Å². The lowest BCUT2D eigenvalue weighted by Gasteiger charge is -2.32. The summed E-state index contributed by atoms with van der Waals surface area (Å²) in [7, 11) is 0. The first-order valence-corrected chi connectivity index (χ1v) is 7.77. The lowest BCUT2D eigenvalue weighted by Crippen LogP contribution is -2.47. The maximum atomic E-state index is 12.1. The molecule has 2 amide bonds. The zero-order chi connectivity index (χ0) is 15.8. The Morgan fingerprint density at radius 3 is 2.67 bits per heavy atom. The molecule has 2 atom stereocenters. The number of rotatable bonds is 7. The Labute approximate surface area is 126 Å². The summed E-state index contributed by atoms with van der Waals surface area (Å²) in [5.41, 5.74) is 0. The van der Waals surface area contributed by atoms with Crippen LogP contribution in [0.3, 0.4) is 0 Å². The number of nitrogens with zero attached hydrogens (tertiary/aromatic N) is 1. The number of aliphatic hydroxyl groups excluding tert-OH is 1. The number of hydrogen-bond acceptors (Lipinski definition) is 3. The molecule has 1 fully saturated rings. The summed E-state index contributed by atoms with van der Waals surface area (Å²) in [6, 6.07) is -0.146. The Hall–Kier alpha value is -1.30. The van der Waals surface area contributed by atoms with Crippen LogP contribution >= 0.6 is 0 Å². The molecule has 1 rings (SSSR count). The molecule has 21 heavy (non-hydrogen) atoms. The molecule has 0 bridgehead atoms. The van der Waals surface area contributed by atoms with E-state index in [1.54, 1.807) is 4.90 Å². The number of aliphatic carboxylic acids is 1. The van der Waals surface area contributed by atoms with Gasteiger partial charge in [0.25, 0.3) is 0 Å². The number of carbonyl (C=O) groups is 2. The van der Waals surface area contributed by atoms with Gasteiger partial charge in [0.15, 0.2) is 0 Å². The SMILES string of the molecule is CC(C)CC(CNC(=O)N1CCCC(CO)C1)CC(=O)O. The van der Waals surface area contributed by atoms with Crippen LogP contribution in [0.15, 0.2) is 0 Å². The molecule has 0 radical (unpaired) electrons. The van der Waals surface area contributed by atoms with E-state index in [2.05, 4.69) is 5.32 Å². The second-order valence-electron chi connectivity index (χ2n) is 6.42. The summed E-state index contributed by atoms with van der Waals surface area (Å²) in [4.78, 5) is 24.7. The Kier molecular flexibility index (Phi) is 7.50. The zero-order valence-corrected chi connectivity index (χ0v) is 13.0. The van der Waals surface area contributed by atoms with Gasteiger partial charge in [0.05, 0.1) is 0 Å². The van der Waals surface area contributed by atoms with Crippen molar-refractivity contribution < 1.29 is 19.8 Å². The number of carboxylic acids is 1. The zero-order valence-electron chi connectivity index (χ0n) is 13.0. The monoisotopic (exact) mass is 300 g/mol. The number of piperidine rings is 1. The van der Waals surface area contributed by atoms with Crippen molar-refractivity contribution in [2.45, 2.75) is 39.5 Å². The van der Waals surface area contributed by atoms with Crippen LogP contribution in [0.2, 0.25) is 0 Å². The van der Waals surface area contributed by atoms with E-state index < -0.39 is 5.97 Å². The summed E-state index contributed by atoms with van der Waals surface area (Å²) in [6.07, 6.45) is 2.72. The third-order valence-electron chi connectivity index (χ3n) is 3.87. The van der Waals surface area contributed by atoms with Crippen molar-refractivity contribution in [3.63, 3.8) is 0 Å². The summed E-state index contributed by atoms with van der Waals surface area (Å²) in [5.74, 6) is -0.298. The number of hydrogen-bond donors (Lipinski definition) is 3. The molecule has 6 nitrogen and oxygen atoms in total. The second-order valence-corrected chi connectivity index (χ2v) is 6.42. The molecule has 3 N–H and O–H groups in total. The van der Waals surface area contributed by atoms with Crippen LogP contribution < -0.4 is 5.32 Å². The first-order chi connectivity index (χ1) is 9.92. The van der Waals surface area contributed by atoms with Crippen LogP contribution in [0.25, 0.3) is 0 Å². The van der Waals surface area contributed by atoms with Crippen LogP contribution in [-0.2, 0) is 4.79 Å². The number of nitrogens with one attached hydrogen (secondary N) is 1. The smallest absolute Gasteiger partial charge is 0.317 e. The highest BCUT2D eigenvalue weighted by Crippen LogP contribution is 2.17. The molecule has 6 heteroatoms. The van der Waals surface area contributed by atoms with Crippen LogP contribution in [0.1, 0.15) is 39.5 Å². The third-order valence-corrected chi connectivity index (χ3v) is 3.87. The van der Waals surface area contributed by atoms with E-state index in [1.807, 2.05) is 13.8 Å². The predicted octanol–water partition coefficient (Wildman–Crippen LogP) is 1.54. The van der Waals surface area contributed by atoms with Crippen LogP contribution in [0.4, 0.5) is 4.79 Å². The quantitative estimate of drug-likeness (QED) is 0.665. The number of amides is 2. The topological polar surface area (TPSA) is 89.9 Å². The molecular formula is C15H28N2O4. The van der Waals surface area contributed by atoms with Gasteiger partial charge in [0, 0.05) is 32.7 Å². The van der Waals surface area contributed by atoms with Crippen molar-refractivity contribution in [1.29, 1.82) is 0 Å². The van der Waals surface area contributed by atoms with Crippen molar-refractivity contribution in [2.75, 3.05) is 26.2 Å². The van der Waals surface area contributed by atoms with Gasteiger partial charge in [-0.3, -0.25) is 4.79 Å². The van der Waals surface area contributed by atoms with Gasteiger partial charge >= 0.3 is 12.0 Å². The van der Waals surface area contributed by atoms with Gasteiger partial charge < -0.3 is 20.4 Å². The Balaban J connectivity index is 2.42. The standard InChI is InChI=1S/C15H28N2O4/c1-11(2)6-13(7-14(19)20)8-16-15(21)17-5-3-4-12(9-17)10-18/h11-13,18H,3-10H2,1-2H3,(H,16,21)(H,19,20). The van der Waals surface area contributed by atoms with Gasteiger partial charge in [0.1, 0.15) is 0 Å². The Bertz CT molecular complexity index is 347. The van der Waals surface area contributed by atoms with Crippen LogP contribution in [0, 0.1) is 17.8 Å². The van der Waals surface area contributed by atoms with E-state index in [0.717, 1.165) is 19.3 Å². The number of aliphatic hydroxyl groups is 1. The van der Waals surface area contributed by atoms with E-state index in [1.165, 1.54) is 0 Å². The van der Waals surface area contributed by atoms with Crippen molar-refractivity contribution in [1.82, 2.24) is 10.2 Å². The second kappa shape index (κ2) is 8.87. The van der Waals surface area contributed by atoms with Crippen molar-refractivity contribution in [3.05, 3.63) is 0 Å². The average molecular weight is 300 g/mol. The summed E-state index contributed by atoms with van der Waals surface area (Å²) in [6.45, 7) is 5.88. The lowest BCUT2D eigenvalue weighted by molar-refractivity contribution is -0.138. The first kappa shape index (κ1) is 17.8. The van der Waals surface area contributed by atoms with Gasteiger partial charge in [-0.1, -0.05) is 13.8 Å². The third kappa shape index (κ3) is 6.80. The Morgan fingerprint density at radius 1 is 1.38 bits per heavy atom. The van der Waals surface area contributed by atoms with Gasteiger partial charge in [-0.2, -0.15) is 0 Å². The highest BCUT2D eigenvalue weighted by atomic mass is 16.4. The molecule has 1 aliphatic rings. The number of likely N-dealkylation sites (tertiary alicyclic amines) is 1. The number of carbonyl (C=O) groups excluding carboxylic acids is 1. The molecule has 0 aromatic carbocycles. The molecule has 0 spiro atoms. The van der Waals surface area contributed by atoms with E-state index >= 15 is 0 Å². The largest absolute Gasteiger partial charge is 0.481 e. The van der Waals surface area contributed by atoms with Gasteiger partial charge in [-0.25, -0.2) is 4.79 Å². The summed E-state index contributed by atoms with van der Waals surface area (Å²) < 4.78 is 0. The molecule has 0 aromatic rings. The summed E-state index contributed by atoms with van der Waals surface area (Å²) >= 11 is 0. The first-order valence-electron chi connectivity index (χ1n) is 7.77. The molecule has 0 saturated carbocycles. The predicted molar refractivity (Wildman–Crippen MR) is 80.0 cm³/mol. The van der Waals surface area contributed by atoms with E-state index in [4.69, 9.17) is 5.11 Å². The fraction of sp³-hybridized carbons (Fsp3) is 0.867. The highest BCUT2D eigenvalue weighted by Gasteiger charge is 2.24. The van der Waals surface area contributed by atoms with Gasteiger partial charge in [-0.05, 0) is 37.0 Å². The highest BCUT2D eigenvalue weighted by molar-refractivity contribution is 5.74. The van der Waals surface area contributed by atoms with E-state index in [-0.39, 0.29) is 30.9 Å². The minimum atomic E-state index is -0.826. The molecule has 2 unspecified atom stereocenters. The van der Waals surface area contributed by atoms with E-state index in [0.29, 0.717) is 25.6 Å². The minimum Gasteiger partial charge on any atom is -0.481 e. The number of urea groups is 1. The molecule has 1 aliphatic heterocycles. The molecule has 1 heterocycles. The minimum absolute atomic E-state index is 0.0371. The van der Waals surface area contributed by atoms with Gasteiger partial charge in [0.2, 0.25) is 0 Å². The fourth-order valence-corrected chi connectivity index (χ4v) is 2.89. The van der Waals surface area contributed by atoms with Crippen molar-refractivity contribution >= 4 is 12.0 Å². The average Bonchev–Trinajstić information content (AvgIpc) is 2.43. The molecule has 0 aliphatic carbocycles. The van der Waals surface area contributed by atoms with E-state index in [9.17, 15) is 14.7 Å². The molecule has 1 saturated heterocycles. The maximum Gasteiger partial charge on any atom is 0.317 e. The normalized spacial score (nSPS) is 20.4. The maximum absolute atomic E-state index is 12.1. The summed E-state index contributed by atoms with van der Waals surface area (Å²) in [5, 5.41) is 21.0. The molecule has 0 aromatic heterocycles. The molecular weight excluding hydrogens is 272 g/mol. The molecule has 122 valence electrons. The van der Waals surface area contributed by atoms with Crippen molar-refractivity contribution in [2.24, 2.45) is 17.8 Å². The lowest BCUT2D eigenvalue weighted by atomic mass is 9.94. The van der Waals surface area contributed by atoms with Gasteiger partial charge in [-0.15, -0.1) is 0 Å².